The quantitative estimate of drug-likeness (QED) is 0.512. The van der Waals surface area contributed by atoms with Gasteiger partial charge in [0.1, 0.15) is 0 Å². The van der Waals surface area contributed by atoms with Crippen molar-refractivity contribution in [3.8, 4) is 0 Å². The number of thioether (sulfide) groups is 2. The molecule has 0 N–H and O–H groups in total. The van der Waals surface area contributed by atoms with Crippen LogP contribution in [0.3, 0.4) is 0 Å². The number of hydrogen-bond donors (Lipinski definition) is 0. The Labute approximate surface area is 117 Å². The van der Waals surface area contributed by atoms with E-state index >= 15 is 0 Å². The molecule has 0 aromatic heterocycles. The molecule has 0 bridgehead atoms. The molecule has 18 heavy (non-hydrogen) atoms. The molecule has 0 amide bonds. The fourth-order valence-corrected chi connectivity index (χ4v) is 3.01. The van der Waals surface area contributed by atoms with Crippen molar-refractivity contribution in [3.63, 3.8) is 0 Å². The van der Waals surface area contributed by atoms with Crippen molar-refractivity contribution in [3.05, 3.63) is 83.6 Å². The van der Waals surface area contributed by atoms with E-state index in [9.17, 15) is 0 Å². The van der Waals surface area contributed by atoms with Crippen molar-refractivity contribution in [2.45, 2.75) is 9.79 Å². The van der Waals surface area contributed by atoms with Gasteiger partial charge in [-0.2, -0.15) is 0 Å². The van der Waals surface area contributed by atoms with Crippen molar-refractivity contribution >= 4 is 23.5 Å². The van der Waals surface area contributed by atoms with Crippen LogP contribution in [-0.2, 0) is 0 Å². The van der Waals surface area contributed by atoms with Crippen LogP contribution in [0.2, 0.25) is 0 Å². The van der Waals surface area contributed by atoms with Crippen LogP contribution >= 0.6 is 23.5 Å². The molecule has 0 saturated carbocycles. The molecule has 0 heterocycles. The maximum absolute atomic E-state index is 4.09. The van der Waals surface area contributed by atoms with E-state index in [-0.39, 0.29) is 0 Å². The highest BCUT2D eigenvalue weighted by Gasteiger charge is 2.04. The third-order valence-electron chi connectivity index (χ3n) is 2.28. The van der Waals surface area contributed by atoms with Gasteiger partial charge in [-0.05, 0) is 24.3 Å². The van der Waals surface area contributed by atoms with Gasteiger partial charge in [-0.15, -0.1) is 0 Å². The van der Waals surface area contributed by atoms with Crippen molar-refractivity contribution in [2.24, 2.45) is 0 Å². The summed E-state index contributed by atoms with van der Waals surface area (Å²) in [5.41, 5.74) is 0. The SMILES string of the molecule is C=C(Sc1ccccc1)C(=C)Sc1ccccc1. The van der Waals surface area contributed by atoms with Gasteiger partial charge >= 0.3 is 0 Å². The van der Waals surface area contributed by atoms with Crippen molar-refractivity contribution in [2.75, 3.05) is 0 Å². The Morgan fingerprint density at radius 3 is 1.28 bits per heavy atom. The summed E-state index contributed by atoms with van der Waals surface area (Å²) < 4.78 is 0. The highest BCUT2D eigenvalue weighted by molar-refractivity contribution is 8.08. The Morgan fingerprint density at radius 2 is 0.944 bits per heavy atom. The largest absolute Gasteiger partial charge is 0.0896 e. The summed E-state index contributed by atoms with van der Waals surface area (Å²) in [5, 5.41) is 0. The lowest BCUT2D eigenvalue weighted by Gasteiger charge is -2.08. The number of benzene rings is 2. The summed E-state index contributed by atoms with van der Waals surface area (Å²) in [6.07, 6.45) is 0. The molecular formula is C16H14S2. The molecule has 0 atom stereocenters. The molecule has 0 fully saturated rings. The molecule has 2 aromatic rings. The van der Waals surface area contributed by atoms with Crippen LogP contribution in [0.25, 0.3) is 0 Å². The van der Waals surface area contributed by atoms with E-state index in [1.54, 1.807) is 23.5 Å². The van der Waals surface area contributed by atoms with Gasteiger partial charge < -0.3 is 0 Å². The second-order valence-corrected chi connectivity index (χ2v) is 6.01. The minimum atomic E-state index is 0.995. The van der Waals surface area contributed by atoms with E-state index in [1.807, 2.05) is 36.4 Å². The predicted molar refractivity (Wildman–Crippen MR) is 82.9 cm³/mol. The zero-order valence-electron chi connectivity index (χ0n) is 10.0. The van der Waals surface area contributed by atoms with Crippen LogP contribution in [0.1, 0.15) is 0 Å². The van der Waals surface area contributed by atoms with Crippen LogP contribution in [0, 0.1) is 0 Å². The maximum atomic E-state index is 4.09. The fraction of sp³-hybridized carbons (Fsp3) is 0. The van der Waals surface area contributed by atoms with Gasteiger partial charge in [0.05, 0.1) is 0 Å². The molecule has 0 saturated heterocycles. The Balaban J connectivity index is 1.96. The zero-order chi connectivity index (χ0) is 12.8. The molecule has 2 aromatic carbocycles. The summed E-state index contributed by atoms with van der Waals surface area (Å²) >= 11 is 3.31. The van der Waals surface area contributed by atoms with E-state index in [0.717, 1.165) is 9.81 Å². The Bertz CT molecular complexity index is 478. The zero-order valence-corrected chi connectivity index (χ0v) is 11.6. The normalized spacial score (nSPS) is 10.0. The molecule has 0 aliphatic rings. The molecular weight excluding hydrogens is 256 g/mol. The monoisotopic (exact) mass is 270 g/mol. The van der Waals surface area contributed by atoms with Crippen LogP contribution in [0.4, 0.5) is 0 Å². The van der Waals surface area contributed by atoms with E-state index in [0.29, 0.717) is 0 Å². The first-order valence-electron chi connectivity index (χ1n) is 5.59. The fourth-order valence-electron chi connectivity index (χ4n) is 1.38. The minimum Gasteiger partial charge on any atom is -0.0896 e. The van der Waals surface area contributed by atoms with Crippen LogP contribution in [-0.4, -0.2) is 0 Å². The predicted octanol–water partition coefficient (Wildman–Crippen LogP) is 5.60. The van der Waals surface area contributed by atoms with Crippen molar-refractivity contribution in [1.29, 1.82) is 0 Å². The number of hydrogen-bond acceptors (Lipinski definition) is 2. The summed E-state index contributed by atoms with van der Waals surface area (Å²) in [6, 6.07) is 20.5. The van der Waals surface area contributed by atoms with E-state index in [1.165, 1.54) is 9.79 Å². The van der Waals surface area contributed by atoms with Gasteiger partial charge in [0.15, 0.2) is 0 Å². The van der Waals surface area contributed by atoms with Gasteiger partial charge in [-0.3, -0.25) is 0 Å². The topological polar surface area (TPSA) is 0 Å². The summed E-state index contributed by atoms with van der Waals surface area (Å²) in [7, 11) is 0. The van der Waals surface area contributed by atoms with Gasteiger partial charge in [-0.1, -0.05) is 73.1 Å². The second-order valence-electron chi connectivity index (χ2n) is 3.68. The van der Waals surface area contributed by atoms with E-state index in [4.69, 9.17) is 0 Å². The van der Waals surface area contributed by atoms with Crippen molar-refractivity contribution in [1.82, 2.24) is 0 Å². The summed E-state index contributed by atoms with van der Waals surface area (Å²) in [6.45, 7) is 8.18. The highest BCUT2D eigenvalue weighted by Crippen LogP contribution is 2.37. The summed E-state index contributed by atoms with van der Waals surface area (Å²) in [4.78, 5) is 4.37. The molecule has 0 radical (unpaired) electrons. The van der Waals surface area contributed by atoms with E-state index < -0.39 is 0 Å². The standard InChI is InChI=1S/C16H14S2/c1-13(17-15-9-5-3-6-10-15)14(2)18-16-11-7-4-8-12-16/h3-12H,1-2H2. The first-order chi connectivity index (χ1) is 8.75. The number of rotatable bonds is 5. The molecule has 0 aliphatic heterocycles. The van der Waals surface area contributed by atoms with Gasteiger partial charge in [0.25, 0.3) is 0 Å². The molecule has 2 rings (SSSR count). The molecule has 90 valence electrons. The average molecular weight is 270 g/mol. The average Bonchev–Trinajstić information content (AvgIpc) is 2.41. The van der Waals surface area contributed by atoms with Gasteiger partial charge in [0.2, 0.25) is 0 Å². The lowest BCUT2D eigenvalue weighted by Crippen LogP contribution is -1.78. The van der Waals surface area contributed by atoms with Crippen LogP contribution < -0.4 is 0 Å². The van der Waals surface area contributed by atoms with Gasteiger partial charge in [-0.25, -0.2) is 0 Å². The molecule has 0 unspecified atom stereocenters. The second kappa shape index (κ2) is 6.53. The van der Waals surface area contributed by atoms with Crippen LogP contribution in [0.15, 0.2) is 93.4 Å². The third-order valence-corrected chi connectivity index (χ3v) is 4.41. The molecule has 0 spiro atoms. The lowest BCUT2D eigenvalue weighted by atomic mass is 10.4. The lowest BCUT2D eigenvalue weighted by molar-refractivity contribution is 1.46. The maximum Gasteiger partial charge on any atom is 0.0184 e. The van der Waals surface area contributed by atoms with E-state index in [2.05, 4.69) is 37.4 Å². The Kier molecular flexibility index (Phi) is 4.73. The van der Waals surface area contributed by atoms with Crippen molar-refractivity contribution < 1.29 is 0 Å². The molecule has 2 heteroatoms. The molecule has 0 aliphatic carbocycles. The smallest absolute Gasteiger partial charge is 0.0184 e. The molecule has 0 nitrogen and oxygen atoms in total. The van der Waals surface area contributed by atoms with Crippen LogP contribution in [0.5, 0.6) is 0 Å². The minimum absolute atomic E-state index is 0.995. The first kappa shape index (κ1) is 13.1. The Hall–Kier alpha value is -1.38. The highest BCUT2D eigenvalue weighted by atomic mass is 32.2. The first-order valence-corrected chi connectivity index (χ1v) is 7.23. The Morgan fingerprint density at radius 1 is 0.611 bits per heavy atom. The summed E-state index contributed by atoms with van der Waals surface area (Å²) in [5.74, 6) is 0. The third kappa shape index (κ3) is 3.83. The van der Waals surface area contributed by atoms with Gasteiger partial charge in [0, 0.05) is 19.6 Å².